The Hall–Kier alpha value is -1.50. The Balaban J connectivity index is 1.10. The lowest BCUT2D eigenvalue weighted by Gasteiger charge is -2.55. The molecule has 1 aromatic rings. The summed E-state index contributed by atoms with van der Waals surface area (Å²) in [5.41, 5.74) is -0.135. The van der Waals surface area contributed by atoms with Crippen LogP contribution in [0.1, 0.15) is 68.7 Å². The van der Waals surface area contributed by atoms with Crippen LogP contribution in [0.15, 0.2) is 0 Å². The zero-order chi connectivity index (χ0) is 17.7. The number of anilines is 1. The van der Waals surface area contributed by atoms with Gasteiger partial charge in [-0.2, -0.15) is 0 Å². The third-order valence-electron chi connectivity index (χ3n) is 6.77. The molecule has 2 N–H and O–H groups in total. The number of aromatic nitrogens is 2. The standard InChI is InChI=1S/C19H26N4O2S/c24-15(21-18-23-22-16(26-18)14-1-2-14)3-4-20-17(25)19-8-11-5-12(9-19)7-13(6-11)10-19/h11-14H,1-10H2,(H,20,25)(H,21,23,24). The highest BCUT2D eigenvalue weighted by molar-refractivity contribution is 7.15. The summed E-state index contributed by atoms with van der Waals surface area (Å²) >= 11 is 1.47. The van der Waals surface area contributed by atoms with Crippen LogP contribution in [0.25, 0.3) is 0 Å². The predicted molar refractivity (Wildman–Crippen MR) is 98.7 cm³/mol. The van der Waals surface area contributed by atoms with Gasteiger partial charge >= 0.3 is 0 Å². The third-order valence-corrected chi connectivity index (χ3v) is 7.77. The van der Waals surface area contributed by atoms with Crippen molar-refractivity contribution in [2.45, 2.75) is 63.7 Å². The highest BCUT2D eigenvalue weighted by Crippen LogP contribution is 2.60. The van der Waals surface area contributed by atoms with E-state index in [1.807, 2.05) is 0 Å². The molecule has 1 heterocycles. The molecule has 4 bridgehead atoms. The first kappa shape index (κ1) is 16.7. The van der Waals surface area contributed by atoms with Gasteiger partial charge in [0.2, 0.25) is 16.9 Å². The number of hydrogen-bond acceptors (Lipinski definition) is 5. The van der Waals surface area contributed by atoms with E-state index >= 15 is 0 Å². The quantitative estimate of drug-likeness (QED) is 0.801. The highest BCUT2D eigenvalue weighted by Gasteiger charge is 2.54. The van der Waals surface area contributed by atoms with Gasteiger partial charge in [0.05, 0.1) is 0 Å². The molecule has 5 aliphatic rings. The molecule has 7 heteroatoms. The van der Waals surface area contributed by atoms with Crippen molar-refractivity contribution in [3.8, 4) is 0 Å². The summed E-state index contributed by atoms with van der Waals surface area (Å²) in [5.74, 6) is 2.92. The van der Waals surface area contributed by atoms with E-state index in [9.17, 15) is 9.59 Å². The lowest BCUT2D eigenvalue weighted by atomic mass is 9.49. The smallest absolute Gasteiger partial charge is 0.227 e. The van der Waals surface area contributed by atoms with Crippen molar-refractivity contribution in [2.75, 3.05) is 11.9 Å². The van der Waals surface area contributed by atoms with E-state index in [1.54, 1.807) is 0 Å². The normalized spacial score (nSPS) is 34.7. The minimum absolute atomic E-state index is 0.102. The molecular formula is C19H26N4O2S. The van der Waals surface area contributed by atoms with Crippen LogP contribution < -0.4 is 10.6 Å². The summed E-state index contributed by atoms with van der Waals surface area (Å²) < 4.78 is 0. The van der Waals surface area contributed by atoms with Crippen LogP contribution in [0.4, 0.5) is 5.13 Å². The molecule has 6 rings (SSSR count). The van der Waals surface area contributed by atoms with Crippen LogP contribution in [0.3, 0.4) is 0 Å². The minimum atomic E-state index is -0.135. The first-order valence-electron chi connectivity index (χ1n) is 10.0. The lowest BCUT2D eigenvalue weighted by molar-refractivity contribution is -0.146. The summed E-state index contributed by atoms with van der Waals surface area (Å²) in [7, 11) is 0. The average molecular weight is 375 g/mol. The molecule has 0 aromatic carbocycles. The van der Waals surface area contributed by atoms with Crippen molar-refractivity contribution >= 4 is 28.3 Å². The second kappa shape index (κ2) is 6.29. The largest absolute Gasteiger partial charge is 0.355 e. The second-order valence-corrected chi connectivity index (χ2v) is 9.98. The number of nitrogens with one attached hydrogen (secondary N) is 2. The van der Waals surface area contributed by atoms with Crippen molar-refractivity contribution in [2.24, 2.45) is 23.2 Å². The maximum Gasteiger partial charge on any atom is 0.227 e. The highest BCUT2D eigenvalue weighted by atomic mass is 32.1. The zero-order valence-electron chi connectivity index (χ0n) is 15.0. The molecule has 26 heavy (non-hydrogen) atoms. The van der Waals surface area contributed by atoms with E-state index in [0.29, 0.717) is 17.6 Å². The van der Waals surface area contributed by atoms with E-state index in [1.165, 1.54) is 43.4 Å². The molecule has 5 fully saturated rings. The molecule has 0 aliphatic heterocycles. The number of carbonyl (C=O) groups is 2. The Morgan fingerprint density at radius 3 is 2.31 bits per heavy atom. The fourth-order valence-electron chi connectivity index (χ4n) is 5.83. The number of hydrogen-bond donors (Lipinski definition) is 2. The van der Waals surface area contributed by atoms with E-state index in [0.717, 1.165) is 42.0 Å². The van der Waals surface area contributed by atoms with Crippen LogP contribution in [0, 0.1) is 23.2 Å². The van der Waals surface area contributed by atoms with Gasteiger partial charge in [0.25, 0.3) is 0 Å². The second-order valence-electron chi connectivity index (χ2n) is 8.97. The van der Waals surface area contributed by atoms with Crippen LogP contribution in [0.5, 0.6) is 0 Å². The first-order valence-corrected chi connectivity index (χ1v) is 10.8. The van der Waals surface area contributed by atoms with Crippen molar-refractivity contribution in [3.05, 3.63) is 5.01 Å². The lowest BCUT2D eigenvalue weighted by Crippen LogP contribution is -2.53. The minimum Gasteiger partial charge on any atom is -0.355 e. The zero-order valence-corrected chi connectivity index (χ0v) is 15.8. The van der Waals surface area contributed by atoms with E-state index in [2.05, 4.69) is 20.8 Å². The van der Waals surface area contributed by atoms with Crippen molar-refractivity contribution in [3.63, 3.8) is 0 Å². The van der Waals surface area contributed by atoms with Crippen LogP contribution >= 0.6 is 11.3 Å². The number of carbonyl (C=O) groups excluding carboxylic acids is 2. The molecule has 0 atom stereocenters. The molecule has 5 aliphatic carbocycles. The maximum absolute atomic E-state index is 12.9. The number of nitrogens with zero attached hydrogens (tertiary/aromatic N) is 2. The molecule has 0 unspecified atom stereocenters. The number of rotatable bonds is 6. The Morgan fingerprint density at radius 1 is 1.04 bits per heavy atom. The summed E-state index contributed by atoms with van der Waals surface area (Å²) in [6.07, 6.45) is 9.83. The SMILES string of the molecule is O=C(CCNC(=O)C12CC3CC(CC(C3)C1)C2)Nc1nnc(C2CC2)s1. The van der Waals surface area contributed by atoms with Crippen molar-refractivity contribution < 1.29 is 9.59 Å². The summed E-state index contributed by atoms with van der Waals surface area (Å²) in [6.45, 7) is 0.403. The fraction of sp³-hybridized carbons (Fsp3) is 0.789. The van der Waals surface area contributed by atoms with E-state index in [4.69, 9.17) is 0 Å². The monoisotopic (exact) mass is 374 g/mol. The fourth-order valence-corrected chi connectivity index (χ4v) is 6.76. The molecular weight excluding hydrogens is 348 g/mol. The van der Waals surface area contributed by atoms with Gasteiger partial charge in [0, 0.05) is 24.3 Å². The summed E-state index contributed by atoms with van der Waals surface area (Å²) in [5, 5.41) is 15.6. The van der Waals surface area contributed by atoms with Gasteiger partial charge in [-0.1, -0.05) is 11.3 Å². The molecule has 2 amide bonds. The van der Waals surface area contributed by atoms with Crippen LogP contribution in [-0.4, -0.2) is 28.6 Å². The number of amides is 2. The van der Waals surface area contributed by atoms with Gasteiger partial charge in [-0.25, -0.2) is 0 Å². The molecule has 5 saturated carbocycles. The molecule has 0 saturated heterocycles. The topological polar surface area (TPSA) is 84.0 Å². The molecule has 0 radical (unpaired) electrons. The summed E-state index contributed by atoms with van der Waals surface area (Å²) in [6, 6.07) is 0. The van der Waals surface area contributed by atoms with Gasteiger partial charge < -0.3 is 10.6 Å². The van der Waals surface area contributed by atoms with Crippen molar-refractivity contribution in [1.29, 1.82) is 0 Å². The Morgan fingerprint density at radius 2 is 1.69 bits per heavy atom. The van der Waals surface area contributed by atoms with Crippen LogP contribution in [-0.2, 0) is 9.59 Å². The van der Waals surface area contributed by atoms with Gasteiger partial charge in [-0.3, -0.25) is 9.59 Å². The van der Waals surface area contributed by atoms with Gasteiger partial charge in [0.1, 0.15) is 5.01 Å². The molecule has 140 valence electrons. The first-order chi connectivity index (χ1) is 12.6. The molecule has 1 aromatic heterocycles. The Labute approximate surface area is 157 Å². The van der Waals surface area contributed by atoms with Crippen LogP contribution in [0.2, 0.25) is 0 Å². The average Bonchev–Trinajstić information content (AvgIpc) is 3.33. The maximum atomic E-state index is 12.9. The van der Waals surface area contributed by atoms with E-state index < -0.39 is 0 Å². The Kier molecular flexibility index (Phi) is 4.03. The van der Waals surface area contributed by atoms with Gasteiger partial charge in [-0.15, -0.1) is 10.2 Å². The Bertz CT molecular complexity index is 692. The predicted octanol–water partition coefficient (Wildman–Crippen LogP) is 3.08. The third kappa shape index (κ3) is 3.15. The van der Waals surface area contributed by atoms with Crippen molar-refractivity contribution in [1.82, 2.24) is 15.5 Å². The van der Waals surface area contributed by atoms with Gasteiger partial charge in [0.15, 0.2) is 0 Å². The molecule has 6 nitrogen and oxygen atoms in total. The van der Waals surface area contributed by atoms with E-state index in [-0.39, 0.29) is 23.7 Å². The molecule has 0 spiro atoms. The summed E-state index contributed by atoms with van der Waals surface area (Å²) in [4.78, 5) is 25.0. The van der Waals surface area contributed by atoms with Gasteiger partial charge in [-0.05, 0) is 69.1 Å².